The first-order valence-electron chi connectivity index (χ1n) is 6.09. The largest absolute Gasteiger partial charge is 0.481 e. The van der Waals surface area contributed by atoms with Gasteiger partial charge in [-0.3, -0.25) is 4.79 Å². The third-order valence-corrected chi connectivity index (χ3v) is 3.13. The van der Waals surface area contributed by atoms with Crippen molar-refractivity contribution in [1.29, 1.82) is 0 Å². The second-order valence-corrected chi connectivity index (χ2v) is 4.68. The monoisotopic (exact) mass is 256 g/mol. The highest BCUT2D eigenvalue weighted by Crippen LogP contribution is 2.24. The lowest BCUT2D eigenvalue weighted by atomic mass is 9.98. The number of carbonyl (C=O) groups is 1. The summed E-state index contributed by atoms with van der Waals surface area (Å²) in [4.78, 5) is 19.0. The molecule has 0 radical (unpaired) electrons. The van der Waals surface area contributed by atoms with Crippen LogP contribution in [-0.4, -0.2) is 21.0 Å². The Morgan fingerprint density at radius 1 is 1.16 bits per heavy atom. The van der Waals surface area contributed by atoms with Crippen molar-refractivity contribution < 1.29 is 9.90 Å². The third-order valence-electron chi connectivity index (χ3n) is 3.13. The molecule has 0 amide bonds. The number of benzene rings is 1. The molecule has 1 aromatic heterocycles. The van der Waals surface area contributed by atoms with Gasteiger partial charge in [-0.1, -0.05) is 6.07 Å². The number of carboxylic acid groups (broad SMARTS) is 1. The van der Waals surface area contributed by atoms with Crippen LogP contribution in [0.15, 0.2) is 24.4 Å². The zero-order valence-electron chi connectivity index (χ0n) is 11.3. The van der Waals surface area contributed by atoms with Gasteiger partial charge in [0.15, 0.2) is 0 Å². The van der Waals surface area contributed by atoms with Crippen LogP contribution in [0.1, 0.15) is 22.5 Å². The minimum atomic E-state index is -0.922. The first-order chi connectivity index (χ1) is 8.97. The van der Waals surface area contributed by atoms with Crippen molar-refractivity contribution >= 4 is 5.97 Å². The predicted octanol–water partition coefficient (Wildman–Crippen LogP) is 2.70. The lowest BCUT2D eigenvalue weighted by Gasteiger charge is -2.09. The highest BCUT2D eigenvalue weighted by molar-refractivity contribution is 5.70. The van der Waals surface area contributed by atoms with E-state index in [1.54, 1.807) is 6.20 Å². The SMILES string of the molecule is Cc1cc(C)c(-c2ccnc(CC(=O)O)n2)cc1C. The molecular weight excluding hydrogens is 240 g/mol. The Balaban J connectivity index is 2.47. The van der Waals surface area contributed by atoms with Crippen LogP contribution >= 0.6 is 0 Å². The third kappa shape index (κ3) is 2.96. The molecule has 0 aliphatic carbocycles. The molecule has 4 heteroatoms. The standard InChI is InChI=1S/C15H16N2O2/c1-9-6-11(3)12(7-10(9)2)13-4-5-16-14(17-13)8-15(18)19/h4-7H,8H2,1-3H3,(H,18,19). The van der Waals surface area contributed by atoms with E-state index < -0.39 is 5.97 Å². The number of hydrogen-bond donors (Lipinski definition) is 1. The smallest absolute Gasteiger partial charge is 0.311 e. The molecule has 0 spiro atoms. The Kier molecular flexibility index (Phi) is 3.60. The Bertz CT molecular complexity index is 636. The van der Waals surface area contributed by atoms with Crippen molar-refractivity contribution in [3.05, 3.63) is 46.9 Å². The molecular formula is C15H16N2O2. The number of rotatable bonds is 3. The van der Waals surface area contributed by atoms with Gasteiger partial charge < -0.3 is 5.11 Å². The summed E-state index contributed by atoms with van der Waals surface area (Å²) in [6.45, 7) is 6.15. The van der Waals surface area contributed by atoms with Gasteiger partial charge in [0, 0.05) is 11.8 Å². The van der Waals surface area contributed by atoms with Gasteiger partial charge in [0.05, 0.1) is 5.69 Å². The average Bonchev–Trinajstić information content (AvgIpc) is 2.33. The second-order valence-electron chi connectivity index (χ2n) is 4.68. The van der Waals surface area contributed by atoms with Gasteiger partial charge in [-0.2, -0.15) is 0 Å². The summed E-state index contributed by atoms with van der Waals surface area (Å²) < 4.78 is 0. The molecule has 0 saturated heterocycles. The lowest BCUT2D eigenvalue weighted by molar-refractivity contribution is -0.136. The number of nitrogens with zero attached hydrogens (tertiary/aromatic N) is 2. The molecule has 1 heterocycles. The van der Waals surface area contributed by atoms with E-state index in [4.69, 9.17) is 5.11 Å². The Hall–Kier alpha value is -2.23. The molecule has 0 bridgehead atoms. The van der Waals surface area contributed by atoms with Crippen LogP contribution in [-0.2, 0) is 11.2 Å². The van der Waals surface area contributed by atoms with Crippen LogP contribution < -0.4 is 0 Å². The summed E-state index contributed by atoms with van der Waals surface area (Å²) in [5, 5.41) is 8.78. The zero-order valence-corrected chi connectivity index (χ0v) is 11.3. The van der Waals surface area contributed by atoms with Crippen LogP contribution in [0.5, 0.6) is 0 Å². The van der Waals surface area contributed by atoms with Crippen LogP contribution in [0, 0.1) is 20.8 Å². The Labute approximate surface area is 112 Å². The maximum Gasteiger partial charge on any atom is 0.311 e. The van der Waals surface area contributed by atoms with Crippen LogP contribution in [0.3, 0.4) is 0 Å². The molecule has 0 saturated carbocycles. The first kappa shape index (κ1) is 13.2. The van der Waals surface area contributed by atoms with Crippen molar-refractivity contribution in [2.24, 2.45) is 0 Å². The van der Waals surface area contributed by atoms with E-state index in [9.17, 15) is 4.79 Å². The molecule has 0 aliphatic rings. The molecule has 4 nitrogen and oxygen atoms in total. The van der Waals surface area contributed by atoms with E-state index in [0.717, 1.165) is 16.8 Å². The minimum Gasteiger partial charge on any atom is -0.481 e. The van der Waals surface area contributed by atoms with E-state index in [1.807, 2.05) is 13.0 Å². The van der Waals surface area contributed by atoms with Gasteiger partial charge in [0.1, 0.15) is 12.2 Å². The molecule has 0 fully saturated rings. The summed E-state index contributed by atoms with van der Waals surface area (Å²) in [5.74, 6) is -0.586. The van der Waals surface area contributed by atoms with Gasteiger partial charge in [-0.25, -0.2) is 9.97 Å². The summed E-state index contributed by atoms with van der Waals surface area (Å²) in [6, 6.07) is 6.00. The average molecular weight is 256 g/mol. The van der Waals surface area contributed by atoms with Gasteiger partial charge in [0.25, 0.3) is 0 Å². The normalized spacial score (nSPS) is 10.5. The summed E-state index contributed by atoms with van der Waals surface area (Å²) in [7, 11) is 0. The van der Waals surface area contributed by atoms with Crippen LogP contribution in [0.4, 0.5) is 0 Å². The number of carboxylic acids is 1. The summed E-state index contributed by atoms with van der Waals surface area (Å²) in [5.41, 5.74) is 5.35. The van der Waals surface area contributed by atoms with E-state index in [-0.39, 0.29) is 6.42 Å². The Morgan fingerprint density at radius 2 is 1.84 bits per heavy atom. The molecule has 19 heavy (non-hydrogen) atoms. The van der Waals surface area contributed by atoms with Gasteiger partial charge in [-0.15, -0.1) is 0 Å². The number of aliphatic carboxylic acids is 1. The predicted molar refractivity (Wildman–Crippen MR) is 73.0 cm³/mol. The van der Waals surface area contributed by atoms with E-state index >= 15 is 0 Å². The molecule has 1 N–H and O–H groups in total. The van der Waals surface area contributed by atoms with Crippen molar-refractivity contribution in [2.75, 3.05) is 0 Å². The molecule has 1 aromatic carbocycles. The number of hydrogen-bond acceptors (Lipinski definition) is 3. The minimum absolute atomic E-state index is 0.155. The van der Waals surface area contributed by atoms with Crippen molar-refractivity contribution in [2.45, 2.75) is 27.2 Å². The zero-order chi connectivity index (χ0) is 14.0. The van der Waals surface area contributed by atoms with Crippen molar-refractivity contribution in [1.82, 2.24) is 9.97 Å². The number of aromatic nitrogens is 2. The maximum atomic E-state index is 10.7. The molecule has 2 rings (SSSR count). The lowest BCUT2D eigenvalue weighted by Crippen LogP contribution is -2.05. The van der Waals surface area contributed by atoms with Crippen molar-refractivity contribution in [3.8, 4) is 11.3 Å². The maximum absolute atomic E-state index is 10.7. The molecule has 0 aliphatic heterocycles. The number of aryl methyl sites for hydroxylation is 3. The summed E-state index contributed by atoms with van der Waals surface area (Å²) >= 11 is 0. The molecule has 2 aromatic rings. The highest BCUT2D eigenvalue weighted by Gasteiger charge is 2.09. The second kappa shape index (κ2) is 5.18. The molecule has 0 atom stereocenters. The quantitative estimate of drug-likeness (QED) is 0.917. The van der Waals surface area contributed by atoms with E-state index in [1.165, 1.54) is 11.1 Å². The van der Waals surface area contributed by atoms with Crippen LogP contribution in [0.25, 0.3) is 11.3 Å². The molecule has 98 valence electrons. The van der Waals surface area contributed by atoms with Gasteiger partial charge in [0.2, 0.25) is 0 Å². The van der Waals surface area contributed by atoms with Crippen LogP contribution in [0.2, 0.25) is 0 Å². The van der Waals surface area contributed by atoms with E-state index in [2.05, 4.69) is 35.9 Å². The van der Waals surface area contributed by atoms with Gasteiger partial charge in [-0.05, 0) is 49.6 Å². The van der Waals surface area contributed by atoms with E-state index in [0.29, 0.717) is 5.82 Å². The fraction of sp³-hybridized carbons (Fsp3) is 0.267. The fourth-order valence-corrected chi connectivity index (χ4v) is 2.01. The summed E-state index contributed by atoms with van der Waals surface area (Å²) in [6.07, 6.45) is 1.45. The first-order valence-corrected chi connectivity index (χ1v) is 6.09. The topological polar surface area (TPSA) is 63.1 Å². The van der Waals surface area contributed by atoms with Gasteiger partial charge >= 0.3 is 5.97 Å². The Morgan fingerprint density at radius 3 is 2.53 bits per heavy atom. The highest BCUT2D eigenvalue weighted by atomic mass is 16.4. The molecule has 0 unspecified atom stereocenters. The van der Waals surface area contributed by atoms with Crippen molar-refractivity contribution in [3.63, 3.8) is 0 Å². The fourth-order valence-electron chi connectivity index (χ4n) is 2.01.